The van der Waals surface area contributed by atoms with E-state index in [0.29, 0.717) is 15.6 Å². The second-order valence-corrected chi connectivity index (χ2v) is 4.81. The van der Waals surface area contributed by atoms with E-state index in [4.69, 9.17) is 33.0 Å². The maximum absolute atomic E-state index is 13.0. The fourth-order valence-electron chi connectivity index (χ4n) is 1.59. The highest BCUT2D eigenvalue weighted by Gasteiger charge is 2.13. The molecule has 2 rings (SSSR count). The molecule has 0 aromatic heterocycles. The van der Waals surface area contributed by atoms with E-state index in [0.717, 1.165) is 12.1 Å². The average molecular weight is 315 g/mol. The topological polar surface area (TPSA) is 46.5 Å². The third kappa shape index (κ3) is 3.40. The summed E-state index contributed by atoms with van der Waals surface area (Å²) in [6.45, 7) is 0.0575. The Bertz CT molecular complexity index is 659. The normalized spacial score (nSPS) is 10.3. The predicted octanol–water partition coefficient (Wildman–Crippen LogP) is 4.41. The first-order chi connectivity index (χ1) is 9.47. The molecule has 2 aromatic rings. The maximum Gasteiger partial charge on any atom is 0.339 e. The van der Waals surface area contributed by atoms with Gasteiger partial charge in [-0.3, -0.25) is 0 Å². The summed E-state index contributed by atoms with van der Waals surface area (Å²) in [5.41, 5.74) is 0.409. The van der Waals surface area contributed by atoms with Gasteiger partial charge in [0.2, 0.25) is 0 Å². The first-order valence-corrected chi connectivity index (χ1v) is 6.32. The van der Waals surface area contributed by atoms with E-state index in [1.165, 1.54) is 6.07 Å². The van der Waals surface area contributed by atoms with Crippen LogP contribution in [0.5, 0.6) is 5.75 Å². The van der Waals surface area contributed by atoms with Crippen molar-refractivity contribution < 1.29 is 19.0 Å². The summed E-state index contributed by atoms with van der Waals surface area (Å²) in [5, 5.41) is 9.89. The molecule has 0 aliphatic heterocycles. The molecular weight excluding hydrogens is 306 g/mol. The molecule has 0 radical (unpaired) electrons. The lowest BCUT2D eigenvalue weighted by Crippen LogP contribution is -2.04. The van der Waals surface area contributed by atoms with Crippen molar-refractivity contribution in [2.45, 2.75) is 6.61 Å². The van der Waals surface area contributed by atoms with Gasteiger partial charge in [-0.25, -0.2) is 9.18 Å². The van der Waals surface area contributed by atoms with Gasteiger partial charge < -0.3 is 9.84 Å². The third-order valence-electron chi connectivity index (χ3n) is 2.57. The molecule has 0 saturated carbocycles. The molecule has 0 fully saturated rings. The lowest BCUT2D eigenvalue weighted by atomic mass is 10.2. The maximum atomic E-state index is 13.0. The van der Waals surface area contributed by atoms with Crippen LogP contribution in [0.4, 0.5) is 4.39 Å². The molecule has 1 N–H and O–H groups in total. The summed E-state index contributed by atoms with van der Waals surface area (Å²) in [5.74, 6) is -1.83. The number of halogens is 3. The molecule has 0 spiro atoms. The van der Waals surface area contributed by atoms with E-state index in [1.54, 1.807) is 18.2 Å². The average Bonchev–Trinajstić information content (AvgIpc) is 2.38. The Morgan fingerprint density at radius 3 is 2.60 bits per heavy atom. The lowest BCUT2D eigenvalue weighted by molar-refractivity contribution is 0.0691. The van der Waals surface area contributed by atoms with Gasteiger partial charge >= 0.3 is 5.97 Å². The van der Waals surface area contributed by atoms with Gasteiger partial charge in [0, 0.05) is 15.6 Å². The van der Waals surface area contributed by atoms with Crippen molar-refractivity contribution in [3.63, 3.8) is 0 Å². The zero-order valence-corrected chi connectivity index (χ0v) is 11.6. The highest BCUT2D eigenvalue weighted by molar-refractivity contribution is 6.35. The van der Waals surface area contributed by atoms with Crippen molar-refractivity contribution in [2.24, 2.45) is 0 Å². The van der Waals surface area contributed by atoms with Crippen LogP contribution in [0.15, 0.2) is 36.4 Å². The Hall–Kier alpha value is -1.78. The van der Waals surface area contributed by atoms with Crippen LogP contribution in [0, 0.1) is 5.82 Å². The molecule has 0 amide bonds. The summed E-state index contributed by atoms with van der Waals surface area (Å²) in [7, 11) is 0. The zero-order valence-electron chi connectivity index (χ0n) is 10.1. The number of benzene rings is 2. The first-order valence-electron chi connectivity index (χ1n) is 5.57. The Balaban J connectivity index is 2.20. The van der Waals surface area contributed by atoms with Crippen molar-refractivity contribution in [3.05, 3.63) is 63.4 Å². The fourth-order valence-corrected chi connectivity index (χ4v) is 2.05. The Morgan fingerprint density at radius 2 is 1.95 bits per heavy atom. The summed E-state index contributed by atoms with van der Waals surface area (Å²) in [6, 6.07) is 8.18. The summed E-state index contributed by atoms with van der Waals surface area (Å²) < 4.78 is 18.4. The number of ether oxygens (including phenoxy) is 1. The molecule has 0 heterocycles. The second kappa shape index (κ2) is 6.11. The van der Waals surface area contributed by atoms with E-state index in [1.807, 2.05) is 0 Å². The molecule has 6 heteroatoms. The van der Waals surface area contributed by atoms with Crippen LogP contribution >= 0.6 is 23.2 Å². The fraction of sp³-hybridized carbons (Fsp3) is 0.0714. The smallest absolute Gasteiger partial charge is 0.339 e. The minimum Gasteiger partial charge on any atom is -0.488 e. The minimum absolute atomic E-state index is 0.0575. The van der Waals surface area contributed by atoms with Gasteiger partial charge in [0.05, 0.1) is 0 Å². The van der Waals surface area contributed by atoms with Crippen LogP contribution < -0.4 is 4.74 Å². The van der Waals surface area contributed by atoms with E-state index in [9.17, 15) is 9.18 Å². The van der Waals surface area contributed by atoms with E-state index < -0.39 is 11.8 Å². The molecule has 2 aromatic carbocycles. The molecule has 0 aliphatic rings. The molecule has 0 aliphatic carbocycles. The second-order valence-electron chi connectivity index (χ2n) is 3.97. The first kappa shape index (κ1) is 14.6. The number of carboxylic acids is 1. The number of hydrogen-bond donors (Lipinski definition) is 1. The largest absolute Gasteiger partial charge is 0.488 e. The number of aromatic carboxylic acids is 1. The van der Waals surface area contributed by atoms with Gasteiger partial charge in [0.25, 0.3) is 0 Å². The number of carboxylic acid groups (broad SMARTS) is 1. The number of rotatable bonds is 4. The molecule has 0 atom stereocenters. The quantitative estimate of drug-likeness (QED) is 0.909. The van der Waals surface area contributed by atoms with Crippen molar-refractivity contribution in [2.75, 3.05) is 0 Å². The van der Waals surface area contributed by atoms with Crippen molar-refractivity contribution >= 4 is 29.2 Å². The molecule has 104 valence electrons. The Labute approximate surface area is 124 Å². The molecule has 3 nitrogen and oxygen atoms in total. The van der Waals surface area contributed by atoms with Gasteiger partial charge in [0.15, 0.2) is 0 Å². The lowest BCUT2D eigenvalue weighted by Gasteiger charge is -2.10. The molecule has 0 saturated heterocycles. The van der Waals surface area contributed by atoms with Crippen LogP contribution in [0.25, 0.3) is 0 Å². The monoisotopic (exact) mass is 314 g/mol. The third-order valence-corrected chi connectivity index (χ3v) is 3.16. The SMILES string of the molecule is O=C(O)c1cc(F)ccc1OCc1ccc(Cl)cc1Cl. The highest BCUT2D eigenvalue weighted by Crippen LogP contribution is 2.25. The highest BCUT2D eigenvalue weighted by atomic mass is 35.5. The van der Waals surface area contributed by atoms with Crippen LogP contribution in [-0.4, -0.2) is 11.1 Å². The van der Waals surface area contributed by atoms with Gasteiger partial charge in [-0.1, -0.05) is 29.3 Å². The zero-order chi connectivity index (χ0) is 14.7. The molecule has 0 bridgehead atoms. The van der Waals surface area contributed by atoms with Gasteiger partial charge in [-0.05, 0) is 30.3 Å². The van der Waals surface area contributed by atoms with Crippen LogP contribution in [0.2, 0.25) is 10.0 Å². The number of carbonyl (C=O) groups is 1. The van der Waals surface area contributed by atoms with Gasteiger partial charge in [-0.2, -0.15) is 0 Å². The molecule has 0 unspecified atom stereocenters. The van der Waals surface area contributed by atoms with Crippen LogP contribution in [0.3, 0.4) is 0 Å². The van der Waals surface area contributed by atoms with Gasteiger partial charge in [-0.15, -0.1) is 0 Å². The van der Waals surface area contributed by atoms with Gasteiger partial charge in [0.1, 0.15) is 23.7 Å². The van der Waals surface area contributed by atoms with E-state index in [2.05, 4.69) is 0 Å². The molecule has 20 heavy (non-hydrogen) atoms. The van der Waals surface area contributed by atoms with Crippen LogP contribution in [-0.2, 0) is 6.61 Å². The van der Waals surface area contributed by atoms with E-state index >= 15 is 0 Å². The summed E-state index contributed by atoms with van der Waals surface area (Å²) in [4.78, 5) is 11.0. The van der Waals surface area contributed by atoms with E-state index in [-0.39, 0.29) is 17.9 Å². The van der Waals surface area contributed by atoms with Crippen LogP contribution in [0.1, 0.15) is 15.9 Å². The van der Waals surface area contributed by atoms with Crippen molar-refractivity contribution in [1.82, 2.24) is 0 Å². The predicted molar refractivity (Wildman–Crippen MR) is 74.2 cm³/mol. The van der Waals surface area contributed by atoms with Crippen molar-refractivity contribution in [3.8, 4) is 5.75 Å². The Morgan fingerprint density at radius 1 is 1.20 bits per heavy atom. The minimum atomic E-state index is -1.26. The van der Waals surface area contributed by atoms with Crippen molar-refractivity contribution in [1.29, 1.82) is 0 Å². The number of hydrogen-bond acceptors (Lipinski definition) is 2. The summed E-state index contributed by atoms with van der Waals surface area (Å²) >= 11 is 11.8. The standard InChI is InChI=1S/C14H9Cl2FO3/c15-9-2-1-8(12(16)5-9)7-20-13-4-3-10(17)6-11(13)14(18)19/h1-6H,7H2,(H,18,19). The summed E-state index contributed by atoms with van der Waals surface area (Å²) in [6.07, 6.45) is 0. The molecular formula is C14H9Cl2FO3. The Kier molecular flexibility index (Phi) is 4.47.